The van der Waals surface area contributed by atoms with Crippen molar-refractivity contribution in [3.63, 3.8) is 0 Å². The third-order valence-electron chi connectivity index (χ3n) is 3.24. The Balaban J connectivity index is 1.97. The van der Waals surface area contributed by atoms with E-state index in [0.717, 1.165) is 34.7 Å². The number of hydrogen-bond donors (Lipinski definition) is 0. The fourth-order valence-corrected chi connectivity index (χ4v) is 2.95. The Labute approximate surface area is 108 Å². The Morgan fingerprint density at radius 3 is 3.31 bits per heavy atom. The molecule has 0 unspecified atom stereocenters. The summed E-state index contributed by atoms with van der Waals surface area (Å²) in [7, 11) is 1.77. The molecule has 3 heterocycles. The minimum atomic E-state index is 0.305. The summed E-state index contributed by atoms with van der Waals surface area (Å²) in [5.41, 5.74) is 0. The zero-order valence-electron chi connectivity index (χ0n) is 9.02. The van der Waals surface area contributed by atoms with Gasteiger partial charge in [0.05, 0.1) is 15.7 Å². The molecule has 5 heteroatoms. The molecule has 0 saturated carbocycles. The zero-order valence-corrected chi connectivity index (χ0v) is 11.2. The lowest BCUT2D eigenvalue weighted by Gasteiger charge is -2.32. The van der Waals surface area contributed by atoms with Crippen LogP contribution in [-0.2, 0) is 4.74 Å². The molecule has 0 aromatic carbocycles. The molecule has 0 N–H and O–H groups in total. The fourth-order valence-electron chi connectivity index (χ4n) is 2.39. The number of anilines is 1. The summed E-state index contributed by atoms with van der Waals surface area (Å²) in [6, 6.07) is 2.40. The van der Waals surface area contributed by atoms with Crippen LogP contribution in [0.2, 0.25) is 0 Å². The topological polar surface area (TPSA) is 34.6 Å². The van der Waals surface area contributed by atoms with Gasteiger partial charge in [-0.05, 0) is 35.1 Å². The lowest BCUT2D eigenvalue weighted by molar-refractivity contribution is 0.116. The number of hydrogen-bond acceptors (Lipinski definition) is 4. The molecular formula is C11H13IN2O2. The number of pyridine rings is 1. The highest BCUT2D eigenvalue weighted by Crippen LogP contribution is 2.39. The number of ether oxygens (including phenoxy) is 2. The lowest BCUT2D eigenvalue weighted by atomic mass is 10.2. The van der Waals surface area contributed by atoms with Gasteiger partial charge in [-0.15, -0.1) is 0 Å². The quantitative estimate of drug-likeness (QED) is 0.733. The van der Waals surface area contributed by atoms with Crippen molar-refractivity contribution in [3.8, 4) is 5.75 Å². The van der Waals surface area contributed by atoms with E-state index in [9.17, 15) is 0 Å². The standard InChI is InChI=1S/C11H13IN2O2/c1-15-8-4-7-6-16-10-9(12)2-3-13-11(10)14(7)5-8/h2-3,7-8H,4-6H2,1H3/t7-,8+/m0/s1. The minimum absolute atomic E-state index is 0.305. The predicted octanol–water partition coefficient (Wildman–Crippen LogP) is 1.67. The largest absolute Gasteiger partial charge is 0.486 e. The molecule has 86 valence electrons. The molecule has 0 bridgehead atoms. The van der Waals surface area contributed by atoms with Gasteiger partial charge in [-0.2, -0.15) is 0 Å². The maximum Gasteiger partial charge on any atom is 0.175 e. The summed E-state index contributed by atoms with van der Waals surface area (Å²) >= 11 is 2.29. The van der Waals surface area contributed by atoms with Crippen LogP contribution in [0.4, 0.5) is 5.82 Å². The number of methoxy groups -OCH3 is 1. The molecule has 1 fully saturated rings. The van der Waals surface area contributed by atoms with Crippen LogP contribution in [0.15, 0.2) is 12.3 Å². The average Bonchev–Trinajstić information content (AvgIpc) is 2.72. The molecular weight excluding hydrogens is 319 g/mol. The van der Waals surface area contributed by atoms with Gasteiger partial charge in [0.15, 0.2) is 11.6 Å². The molecule has 2 aliphatic heterocycles. The van der Waals surface area contributed by atoms with E-state index >= 15 is 0 Å². The Bertz CT molecular complexity index is 413. The first-order valence-electron chi connectivity index (χ1n) is 5.36. The second-order valence-electron chi connectivity index (χ2n) is 4.16. The number of nitrogens with zero attached hydrogens (tertiary/aromatic N) is 2. The van der Waals surface area contributed by atoms with Gasteiger partial charge < -0.3 is 14.4 Å². The normalized spacial score (nSPS) is 27.2. The summed E-state index contributed by atoms with van der Waals surface area (Å²) in [6.07, 6.45) is 3.18. The van der Waals surface area contributed by atoms with E-state index in [1.807, 2.05) is 12.3 Å². The Kier molecular flexibility index (Phi) is 2.67. The molecule has 1 aromatic heterocycles. The maximum absolute atomic E-state index is 5.79. The van der Waals surface area contributed by atoms with Crippen molar-refractivity contribution in [2.75, 3.05) is 25.2 Å². The average molecular weight is 332 g/mol. The van der Waals surface area contributed by atoms with Gasteiger partial charge in [0.1, 0.15) is 6.61 Å². The summed E-state index contributed by atoms with van der Waals surface area (Å²) in [6.45, 7) is 1.67. The van der Waals surface area contributed by atoms with Crippen LogP contribution in [0, 0.1) is 3.57 Å². The second kappa shape index (κ2) is 4.03. The van der Waals surface area contributed by atoms with E-state index in [-0.39, 0.29) is 0 Å². The molecule has 0 aliphatic carbocycles. The van der Waals surface area contributed by atoms with Crippen molar-refractivity contribution < 1.29 is 9.47 Å². The summed E-state index contributed by atoms with van der Waals surface area (Å²) in [4.78, 5) is 6.75. The van der Waals surface area contributed by atoms with Crippen LogP contribution in [-0.4, -0.2) is 37.4 Å². The van der Waals surface area contributed by atoms with Crippen molar-refractivity contribution in [2.45, 2.75) is 18.6 Å². The highest BCUT2D eigenvalue weighted by atomic mass is 127. The van der Waals surface area contributed by atoms with Gasteiger partial charge in [0, 0.05) is 19.9 Å². The Hall–Kier alpha value is -0.560. The molecule has 4 nitrogen and oxygen atoms in total. The van der Waals surface area contributed by atoms with Gasteiger partial charge in [-0.1, -0.05) is 0 Å². The number of aromatic nitrogens is 1. The maximum atomic E-state index is 5.79. The molecule has 2 aliphatic rings. The first-order valence-corrected chi connectivity index (χ1v) is 6.44. The van der Waals surface area contributed by atoms with Crippen LogP contribution < -0.4 is 9.64 Å². The summed E-state index contributed by atoms with van der Waals surface area (Å²) in [5, 5.41) is 0. The fraction of sp³-hybridized carbons (Fsp3) is 0.545. The molecule has 0 spiro atoms. The van der Waals surface area contributed by atoms with Crippen LogP contribution in [0.25, 0.3) is 0 Å². The predicted molar refractivity (Wildman–Crippen MR) is 69.0 cm³/mol. The highest BCUT2D eigenvalue weighted by Gasteiger charge is 2.38. The number of halogens is 1. The number of rotatable bonds is 1. The SMILES string of the molecule is CO[C@@H]1C[C@H]2COc3c(I)ccnc3N2C1. The van der Waals surface area contributed by atoms with E-state index in [4.69, 9.17) is 9.47 Å². The lowest BCUT2D eigenvalue weighted by Crippen LogP contribution is -2.39. The Morgan fingerprint density at radius 2 is 2.50 bits per heavy atom. The van der Waals surface area contributed by atoms with Gasteiger partial charge in [-0.25, -0.2) is 4.98 Å². The molecule has 3 rings (SSSR count). The van der Waals surface area contributed by atoms with E-state index in [1.165, 1.54) is 0 Å². The molecule has 0 radical (unpaired) electrons. The van der Waals surface area contributed by atoms with Gasteiger partial charge in [-0.3, -0.25) is 0 Å². The van der Waals surface area contributed by atoms with Crippen molar-refractivity contribution in [1.82, 2.24) is 4.98 Å². The monoisotopic (exact) mass is 332 g/mol. The van der Waals surface area contributed by atoms with E-state index in [1.54, 1.807) is 7.11 Å². The van der Waals surface area contributed by atoms with E-state index in [0.29, 0.717) is 12.1 Å². The molecule has 16 heavy (non-hydrogen) atoms. The zero-order chi connectivity index (χ0) is 11.1. The molecule has 2 atom stereocenters. The third kappa shape index (κ3) is 1.57. The van der Waals surface area contributed by atoms with Crippen LogP contribution in [0.1, 0.15) is 6.42 Å². The smallest absolute Gasteiger partial charge is 0.175 e. The van der Waals surface area contributed by atoms with Crippen LogP contribution in [0.3, 0.4) is 0 Å². The first-order chi connectivity index (χ1) is 7.79. The van der Waals surface area contributed by atoms with Gasteiger partial charge >= 0.3 is 0 Å². The van der Waals surface area contributed by atoms with Crippen molar-refractivity contribution >= 4 is 28.4 Å². The first kappa shape index (κ1) is 10.6. The second-order valence-corrected chi connectivity index (χ2v) is 5.32. The van der Waals surface area contributed by atoms with Crippen LogP contribution >= 0.6 is 22.6 Å². The highest BCUT2D eigenvalue weighted by molar-refractivity contribution is 14.1. The molecule has 1 aromatic rings. The summed E-state index contributed by atoms with van der Waals surface area (Å²) < 4.78 is 12.3. The van der Waals surface area contributed by atoms with Gasteiger partial charge in [0.2, 0.25) is 0 Å². The van der Waals surface area contributed by atoms with Crippen molar-refractivity contribution in [2.24, 2.45) is 0 Å². The van der Waals surface area contributed by atoms with Crippen molar-refractivity contribution in [3.05, 3.63) is 15.8 Å². The Morgan fingerprint density at radius 1 is 1.62 bits per heavy atom. The van der Waals surface area contributed by atoms with Gasteiger partial charge in [0.25, 0.3) is 0 Å². The van der Waals surface area contributed by atoms with E-state index in [2.05, 4.69) is 32.5 Å². The number of fused-ring (bicyclic) bond motifs is 3. The minimum Gasteiger partial charge on any atom is -0.486 e. The van der Waals surface area contributed by atoms with E-state index < -0.39 is 0 Å². The molecule has 1 saturated heterocycles. The summed E-state index contributed by atoms with van der Waals surface area (Å²) in [5.74, 6) is 1.90. The van der Waals surface area contributed by atoms with Crippen LogP contribution in [0.5, 0.6) is 5.75 Å². The van der Waals surface area contributed by atoms with Crippen molar-refractivity contribution in [1.29, 1.82) is 0 Å². The molecule has 0 amide bonds. The third-order valence-corrected chi connectivity index (χ3v) is 4.09.